The van der Waals surface area contributed by atoms with E-state index < -0.39 is 6.09 Å². The summed E-state index contributed by atoms with van der Waals surface area (Å²) in [7, 11) is 0. The molecule has 0 radical (unpaired) electrons. The molecule has 1 rings (SSSR count). The van der Waals surface area contributed by atoms with Crippen LogP contribution in [0.4, 0.5) is 4.79 Å². The summed E-state index contributed by atoms with van der Waals surface area (Å²) in [5.41, 5.74) is 6.17. The fourth-order valence-corrected chi connectivity index (χ4v) is 1.22. The Morgan fingerprint density at radius 2 is 2.07 bits per heavy atom. The predicted molar refractivity (Wildman–Crippen MR) is 61.4 cm³/mol. The second kappa shape index (κ2) is 6.42. The highest BCUT2D eigenvalue weighted by molar-refractivity contribution is 9.10. The van der Waals surface area contributed by atoms with Crippen molar-refractivity contribution in [1.29, 1.82) is 0 Å². The molecule has 1 amide bonds. The second-order valence-electron chi connectivity index (χ2n) is 2.92. The number of halogens is 1. The van der Waals surface area contributed by atoms with Crippen LogP contribution in [0.1, 0.15) is 5.56 Å². The first-order valence-electron chi connectivity index (χ1n) is 4.57. The molecule has 0 aliphatic carbocycles. The van der Waals surface area contributed by atoms with E-state index >= 15 is 0 Å². The highest BCUT2D eigenvalue weighted by atomic mass is 79.9. The van der Waals surface area contributed by atoms with E-state index in [1.54, 1.807) is 0 Å². The lowest BCUT2D eigenvalue weighted by Gasteiger charge is -2.05. The maximum absolute atomic E-state index is 11.0. The van der Waals surface area contributed by atoms with Gasteiger partial charge in [0.2, 0.25) is 0 Å². The number of carbonyl (C=O) groups is 1. The van der Waals surface area contributed by atoms with Gasteiger partial charge in [-0.3, -0.25) is 0 Å². The van der Waals surface area contributed by atoms with E-state index in [1.165, 1.54) is 0 Å². The van der Waals surface area contributed by atoms with E-state index in [9.17, 15) is 4.79 Å². The standard InChI is InChI=1S/C10H13BrN2O2/c11-9-3-1-8(2-4-9)7-15-10(14)13-6-5-12/h1-4H,5-7,12H2,(H,13,14). The molecule has 0 fully saturated rings. The molecule has 0 bridgehead atoms. The molecule has 0 aromatic heterocycles. The molecule has 0 saturated heterocycles. The fourth-order valence-electron chi connectivity index (χ4n) is 0.955. The summed E-state index contributed by atoms with van der Waals surface area (Å²) in [5.74, 6) is 0. The number of nitrogens with one attached hydrogen (secondary N) is 1. The summed E-state index contributed by atoms with van der Waals surface area (Å²) in [4.78, 5) is 11.0. The van der Waals surface area contributed by atoms with Gasteiger partial charge in [0.1, 0.15) is 6.61 Å². The van der Waals surface area contributed by atoms with Gasteiger partial charge in [0.25, 0.3) is 0 Å². The summed E-state index contributed by atoms with van der Waals surface area (Å²) in [5, 5.41) is 2.52. The largest absolute Gasteiger partial charge is 0.445 e. The highest BCUT2D eigenvalue weighted by Gasteiger charge is 2.00. The van der Waals surface area contributed by atoms with Crippen molar-refractivity contribution in [2.75, 3.05) is 13.1 Å². The number of nitrogens with two attached hydrogens (primary N) is 1. The number of ether oxygens (including phenoxy) is 1. The van der Waals surface area contributed by atoms with Crippen molar-refractivity contribution in [1.82, 2.24) is 5.32 Å². The minimum absolute atomic E-state index is 0.268. The minimum Gasteiger partial charge on any atom is -0.445 e. The molecule has 1 aromatic rings. The zero-order valence-corrected chi connectivity index (χ0v) is 9.79. The first-order valence-corrected chi connectivity index (χ1v) is 5.37. The van der Waals surface area contributed by atoms with Crippen LogP contribution < -0.4 is 11.1 Å². The Labute approximate surface area is 96.9 Å². The Kier molecular flexibility index (Phi) is 5.14. The van der Waals surface area contributed by atoms with Crippen LogP contribution in [0.5, 0.6) is 0 Å². The van der Waals surface area contributed by atoms with Gasteiger partial charge in [0, 0.05) is 17.6 Å². The van der Waals surface area contributed by atoms with Gasteiger partial charge < -0.3 is 15.8 Å². The molecule has 3 N–H and O–H groups in total. The van der Waals surface area contributed by atoms with Crippen molar-refractivity contribution >= 4 is 22.0 Å². The van der Waals surface area contributed by atoms with Crippen LogP contribution in [0.15, 0.2) is 28.7 Å². The lowest BCUT2D eigenvalue weighted by atomic mass is 10.2. The van der Waals surface area contributed by atoms with Crippen molar-refractivity contribution in [2.45, 2.75) is 6.61 Å². The normalized spacial score (nSPS) is 9.73. The molecule has 0 aliphatic heterocycles. The van der Waals surface area contributed by atoms with Gasteiger partial charge in [0.05, 0.1) is 0 Å². The molecule has 0 spiro atoms. The minimum atomic E-state index is -0.441. The van der Waals surface area contributed by atoms with Crippen LogP contribution in [0, 0.1) is 0 Å². The Morgan fingerprint density at radius 1 is 1.40 bits per heavy atom. The molecule has 0 heterocycles. The quantitative estimate of drug-likeness (QED) is 0.876. The molecule has 0 unspecified atom stereocenters. The average molecular weight is 273 g/mol. The lowest BCUT2D eigenvalue weighted by Crippen LogP contribution is -2.29. The van der Waals surface area contributed by atoms with Crippen molar-refractivity contribution in [2.24, 2.45) is 5.73 Å². The van der Waals surface area contributed by atoms with Crippen LogP contribution in [0.2, 0.25) is 0 Å². The van der Waals surface area contributed by atoms with E-state index in [4.69, 9.17) is 10.5 Å². The summed E-state index contributed by atoms with van der Waals surface area (Å²) in [6.07, 6.45) is -0.441. The number of carbonyl (C=O) groups excluding carboxylic acids is 1. The molecule has 1 aromatic carbocycles. The van der Waals surface area contributed by atoms with Crippen LogP contribution in [0.3, 0.4) is 0 Å². The van der Waals surface area contributed by atoms with Crippen LogP contribution >= 0.6 is 15.9 Å². The molecule has 0 atom stereocenters. The van der Waals surface area contributed by atoms with Crippen LogP contribution in [-0.4, -0.2) is 19.2 Å². The van der Waals surface area contributed by atoms with E-state index in [0.717, 1.165) is 10.0 Å². The molecular weight excluding hydrogens is 260 g/mol. The Bertz CT molecular complexity index is 314. The van der Waals surface area contributed by atoms with Gasteiger partial charge >= 0.3 is 6.09 Å². The van der Waals surface area contributed by atoms with Crippen molar-refractivity contribution in [3.63, 3.8) is 0 Å². The molecule has 4 nitrogen and oxygen atoms in total. The SMILES string of the molecule is NCCNC(=O)OCc1ccc(Br)cc1. The van der Waals surface area contributed by atoms with E-state index in [0.29, 0.717) is 13.1 Å². The number of alkyl carbamates (subject to hydrolysis) is 1. The van der Waals surface area contributed by atoms with Crippen LogP contribution in [-0.2, 0) is 11.3 Å². The number of hydrogen-bond donors (Lipinski definition) is 2. The summed E-state index contributed by atoms with van der Waals surface area (Å²) >= 11 is 3.33. The third-order valence-electron chi connectivity index (χ3n) is 1.70. The summed E-state index contributed by atoms with van der Waals surface area (Å²) in [6.45, 7) is 1.11. The molecule has 5 heteroatoms. The number of rotatable bonds is 4. The predicted octanol–water partition coefficient (Wildman–Crippen LogP) is 1.63. The summed E-state index contributed by atoms with van der Waals surface area (Å²) in [6, 6.07) is 7.58. The second-order valence-corrected chi connectivity index (χ2v) is 3.83. The topological polar surface area (TPSA) is 64.3 Å². The molecule has 82 valence electrons. The van der Waals surface area contributed by atoms with Crippen molar-refractivity contribution in [3.05, 3.63) is 34.3 Å². The monoisotopic (exact) mass is 272 g/mol. The first kappa shape index (κ1) is 12.0. The van der Waals surface area contributed by atoms with Gasteiger partial charge in [0.15, 0.2) is 0 Å². The molecule has 0 aliphatic rings. The van der Waals surface area contributed by atoms with E-state index in [-0.39, 0.29) is 6.61 Å². The van der Waals surface area contributed by atoms with E-state index in [1.807, 2.05) is 24.3 Å². The fraction of sp³-hybridized carbons (Fsp3) is 0.300. The van der Waals surface area contributed by atoms with Gasteiger partial charge in [-0.2, -0.15) is 0 Å². The lowest BCUT2D eigenvalue weighted by molar-refractivity contribution is 0.140. The van der Waals surface area contributed by atoms with E-state index in [2.05, 4.69) is 21.2 Å². The molecule has 15 heavy (non-hydrogen) atoms. The Hall–Kier alpha value is -1.07. The number of amides is 1. The van der Waals surface area contributed by atoms with Gasteiger partial charge in [-0.1, -0.05) is 28.1 Å². The van der Waals surface area contributed by atoms with Crippen molar-refractivity contribution in [3.8, 4) is 0 Å². The zero-order valence-electron chi connectivity index (χ0n) is 8.20. The average Bonchev–Trinajstić information content (AvgIpc) is 2.25. The molecular formula is C10H13BrN2O2. The highest BCUT2D eigenvalue weighted by Crippen LogP contribution is 2.10. The third-order valence-corrected chi connectivity index (χ3v) is 2.23. The van der Waals surface area contributed by atoms with Crippen molar-refractivity contribution < 1.29 is 9.53 Å². The van der Waals surface area contributed by atoms with Crippen LogP contribution in [0.25, 0.3) is 0 Å². The maximum Gasteiger partial charge on any atom is 0.407 e. The third kappa shape index (κ3) is 4.80. The smallest absolute Gasteiger partial charge is 0.407 e. The molecule has 0 saturated carbocycles. The zero-order chi connectivity index (χ0) is 11.1. The van der Waals surface area contributed by atoms with Gasteiger partial charge in [-0.05, 0) is 17.7 Å². The van der Waals surface area contributed by atoms with Gasteiger partial charge in [-0.15, -0.1) is 0 Å². The van der Waals surface area contributed by atoms with Gasteiger partial charge in [-0.25, -0.2) is 4.79 Å². The maximum atomic E-state index is 11.0. The summed E-state index contributed by atoms with van der Waals surface area (Å²) < 4.78 is 5.95. The first-order chi connectivity index (χ1) is 7.22. The Morgan fingerprint density at radius 3 is 2.67 bits per heavy atom. The number of benzene rings is 1. The Balaban J connectivity index is 2.30. The number of hydrogen-bond acceptors (Lipinski definition) is 3.